The van der Waals surface area contributed by atoms with E-state index in [4.69, 9.17) is 16.6 Å². The quantitative estimate of drug-likeness (QED) is 0.410. The van der Waals surface area contributed by atoms with Crippen LogP contribution in [0.4, 0.5) is 10.1 Å². The van der Waals surface area contributed by atoms with Crippen molar-refractivity contribution in [3.63, 3.8) is 0 Å². The van der Waals surface area contributed by atoms with E-state index < -0.39 is 0 Å². The Morgan fingerprint density at radius 2 is 1.89 bits per heavy atom. The molecule has 0 fully saturated rings. The van der Waals surface area contributed by atoms with E-state index in [9.17, 15) is 4.39 Å². The van der Waals surface area contributed by atoms with E-state index in [0.29, 0.717) is 5.02 Å². The highest BCUT2D eigenvalue weighted by Crippen LogP contribution is 2.25. The lowest BCUT2D eigenvalue weighted by Gasteiger charge is -2.10. The molecule has 0 saturated heterocycles. The summed E-state index contributed by atoms with van der Waals surface area (Å²) in [6, 6.07) is 14.1. The molecule has 0 N–H and O–H groups in total. The summed E-state index contributed by atoms with van der Waals surface area (Å²) < 4.78 is 17.6. The number of hydrogen-bond donors (Lipinski definition) is 0. The first-order chi connectivity index (χ1) is 13.7. The van der Waals surface area contributed by atoms with Crippen molar-refractivity contribution in [1.29, 1.82) is 0 Å². The number of benzene rings is 2. The fraction of sp³-hybridized carbons (Fsp3) is 0.143. The number of para-hydroxylation sites is 1. The molecule has 2 heterocycles. The van der Waals surface area contributed by atoms with Crippen LogP contribution in [0.3, 0.4) is 0 Å². The molecule has 0 unspecified atom stereocenters. The van der Waals surface area contributed by atoms with E-state index >= 15 is 0 Å². The molecular formula is C21H18ClFN4S. The van der Waals surface area contributed by atoms with Gasteiger partial charge in [0.2, 0.25) is 0 Å². The first kappa shape index (κ1) is 18.7. The first-order valence-corrected chi connectivity index (χ1v) is 10.2. The van der Waals surface area contributed by atoms with Crippen LogP contribution >= 0.6 is 22.9 Å². The molecule has 0 spiro atoms. The van der Waals surface area contributed by atoms with Crippen LogP contribution in [0.5, 0.6) is 0 Å². The van der Waals surface area contributed by atoms with Crippen molar-refractivity contribution in [2.75, 3.05) is 0 Å². The molecule has 0 amide bonds. The van der Waals surface area contributed by atoms with Gasteiger partial charge in [-0.1, -0.05) is 23.7 Å². The van der Waals surface area contributed by atoms with Crippen LogP contribution in [0.15, 0.2) is 77.6 Å². The van der Waals surface area contributed by atoms with E-state index in [-0.39, 0.29) is 5.82 Å². The maximum atomic E-state index is 13.4. The summed E-state index contributed by atoms with van der Waals surface area (Å²) in [5.41, 5.74) is 2.71. The van der Waals surface area contributed by atoms with Crippen LogP contribution in [0.1, 0.15) is 6.42 Å². The number of hydrogen-bond acceptors (Lipinski definition) is 3. The highest BCUT2D eigenvalue weighted by Gasteiger charge is 2.09. The van der Waals surface area contributed by atoms with Gasteiger partial charge in [0, 0.05) is 30.9 Å². The van der Waals surface area contributed by atoms with Gasteiger partial charge in [-0.3, -0.25) is 0 Å². The number of thiazole rings is 1. The lowest BCUT2D eigenvalue weighted by molar-refractivity contribution is 0.559. The third-order valence-electron chi connectivity index (χ3n) is 4.36. The second-order valence-electron chi connectivity index (χ2n) is 6.28. The van der Waals surface area contributed by atoms with Crippen LogP contribution in [-0.2, 0) is 13.1 Å². The van der Waals surface area contributed by atoms with Gasteiger partial charge in [0.15, 0.2) is 4.80 Å². The fourth-order valence-corrected chi connectivity index (χ4v) is 4.09. The summed E-state index contributed by atoms with van der Waals surface area (Å²) >= 11 is 7.84. The minimum absolute atomic E-state index is 0.244. The molecule has 4 aromatic rings. The Labute approximate surface area is 171 Å². The standard InChI is InChI=1S/C21H18ClFN4S/c22-18-4-1-2-5-19(18)25-21-27(12-3-11-26-13-10-24-15-26)20(14-28-21)16-6-8-17(23)9-7-16/h1-2,4-10,13-15H,3,11-12H2. The average molecular weight is 413 g/mol. The fourth-order valence-electron chi connectivity index (χ4n) is 2.96. The zero-order valence-electron chi connectivity index (χ0n) is 15.0. The zero-order valence-corrected chi connectivity index (χ0v) is 16.6. The van der Waals surface area contributed by atoms with Gasteiger partial charge in [-0.2, -0.15) is 0 Å². The molecule has 4 nitrogen and oxygen atoms in total. The number of nitrogens with zero attached hydrogens (tertiary/aromatic N) is 4. The van der Waals surface area contributed by atoms with Gasteiger partial charge in [0.25, 0.3) is 0 Å². The molecule has 0 saturated carbocycles. The largest absolute Gasteiger partial charge is 0.337 e. The second kappa shape index (κ2) is 8.54. The van der Waals surface area contributed by atoms with Crippen LogP contribution < -0.4 is 4.80 Å². The van der Waals surface area contributed by atoms with Gasteiger partial charge in [-0.25, -0.2) is 14.4 Å². The molecular weight excluding hydrogens is 395 g/mol. The predicted octanol–water partition coefficient (Wildman–Crippen LogP) is 5.53. The van der Waals surface area contributed by atoms with E-state index in [2.05, 4.69) is 19.5 Å². The van der Waals surface area contributed by atoms with Crippen molar-refractivity contribution >= 4 is 28.6 Å². The Balaban J connectivity index is 1.71. The lowest BCUT2D eigenvalue weighted by Crippen LogP contribution is -2.17. The van der Waals surface area contributed by atoms with Crippen LogP contribution in [-0.4, -0.2) is 14.1 Å². The Morgan fingerprint density at radius 3 is 2.64 bits per heavy atom. The zero-order chi connectivity index (χ0) is 19.3. The van der Waals surface area contributed by atoms with Crippen molar-refractivity contribution < 1.29 is 4.39 Å². The molecule has 0 bridgehead atoms. The number of aryl methyl sites for hydroxylation is 1. The Kier molecular flexibility index (Phi) is 5.69. The van der Waals surface area contributed by atoms with Crippen molar-refractivity contribution in [2.45, 2.75) is 19.5 Å². The predicted molar refractivity (Wildman–Crippen MR) is 111 cm³/mol. The Bertz CT molecular complexity index is 1110. The number of imidazole rings is 1. The number of aromatic nitrogens is 3. The Morgan fingerprint density at radius 1 is 1.07 bits per heavy atom. The van der Waals surface area contributed by atoms with Crippen molar-refractivity contribution in [1.82, 2.24) is 14.1 Å². The van der Waals surface area contributed by atoms with Crippen molar-refractivity contribution in [2.24, 2.45) is 4.99 Å². The maximum absolute atomic E-state index is 13.4. The number of halogens is 2. The lowest BCUT2D eigenvalue weighted by atomic mass is 10.1. The summed E-state index contributed by atoms with van der Waals surface area (Å²) in [4.78, 5) is 9.72. The van der Waals surface area contributed by atoms with Crippen molar-refractivity contribution in [3.05, 3.63) is 88.3 Å². The van der Waals surface area contributed by atoms with Crippen LogP contribution in [0.25, 0.3) is 11.3 Å². The molecule has 2 aromatic carbocycles. The minimum atomic E-state index is -0.244. The summed E-state index contributed by atoms with van der Waals surface area (Å²) in [6.45, 7) is 1.63. The third kappa shape index (κ3) is 4.24. The summed E-state index contributed by atoms with van der Waals surface area (Å²) in [6.07, 6.45) is 6.46. The molecule has 4 rings (SSSR count). The van der Waals surface area contributed by atoms with Gasteiger partial charge < -0.3 is 9.13 Å². The molecule has 7 heteroatoms. The molecule has 0 radical (unpaired) electrons. The molecule has 0 aliphatic rings. The van der Waals surface area contributed by atoms with Gasteiger partial charge in [-0.15, -0.1) is 11.3 Å². The minimum Gasteiger partial charge on any atom is -0.337 e. The van der Waals surface area contributed by atoms with E-state index in [1.807, 2.05) is 36.8 Å². The van der Waals surface area contributed by atoms with Gasteiger partial charge in [0.1, 0.15) is 5.82 Å². The highest BCUT2D eigenvalue weighted by molar-refractivity contribution is 7.07. The van der Waals surface area contributed by atoms with Gasteiger partial charge >= 0.3 is 0 Å². The SMILES string of the molecule is Fc1ccc(-c2csc(=Nc3ccccc3Cl)n2CCCn2ccnc2)cc1. The average Bonchev–Trinajstić information content (AvgIpc) is 3.35. The summed E-state index contributed by atoms with van der Waals surface area (Å²) in [7, 11) is 0. The maximum Gasteiger partial charge on any atom is 0.190 e. The van der Waals surface area contributed by atoms with E-state index in [0.717, 1.165) is 41.3 Å². The Hall–Kier alpha value is -2.70. The highest BCUT2D eigenvalue weighted by atomic mass is 35.5. The smallest absolute Gasteiger partial charge is 0.190 e. The normalized spacial score (nSPS) is 11.9. The van der Waals surface area contributed by atoms with Gasteiger partial charge in [0.05, 0.1) is 22.7 Å². The summed E-state index contributed by atoms with van der Waals surface area (Å²) in [5, 5.41) is 2.67. The molecule has 0 aliphatic heterocycles. The first-order valence-electron chi connectivity index (χ1n) is 8.90. The van der Waals surface area contributed by atoms with E-state index in [1.54, 1.807) is 29.7 Å². The number of rotatable bonds is 6. The van der Waals surface area contributed by atoms with Crippen LogP contribution in [0, 0.1) is 5.82 Å². The van der Waals surface area contributed by atoms with Crippen molar-refractivity contribution in [3.8, 4) is 11.3 Å². The topological polar surface area (TPSA) is 35.1 Å². The molecule has 2 aromatic heterocycles. The second-order valence-corrected chi connectivity index (χ2v) is 7.52. The van der Waals surface area contributed by atoms with E-state index in [1.165, 1.54) is 12.1 Å². The summed E-state index contributed by atoms with van der Waals surface area (Å²) in [5.74, 6) is -0.244. The molecule has 28 heavy (non-hydrogen) atoms. The molecule has 0 atom stereocenters. The molecule has 142 valence electrons. The monoisotopic (exact) mass is 412 g/mol. The third-order valence-corrected chi connectivity index (χ3v) is 5.55. The van der Waals surface area contributed by atoms with Crippen LogP contribution in [0.2, 0.25) is 5.02 Å². The molecule has 0 aliphatic carbocycles. The van der Waals surface area contributed by atoms with Gasteiger partial charge in [-0.05, 0) is 48.4 Å².